The second-order valence-corrected chi connectivity index (χ2v) is 4.77. The van der Waals surface area contributed by atoms with Crippen LogP contribution in [0.3, 0.4) is 0 Å². The number of nitrogens with zero attached hydrogens (tertiary/aromatic N) is 1. The molecule has 2 rings (SSSR count). The van der Waals surface area contributed by atoms with Crippen LogP contribution in [0.4, 0.5) is 0 Å². The van der Waals surface area contributed by atoms with Gasteiger partial charge in [-0.15, -0.1) is 0 Å². The minimum atomic E-state index is -0.483. The van der Waals surface area contributed by atoms with Gasteiger partial charge in [0.25, 0.3) is 0 Å². The van der Waals surface area contributed by atoms with E-state index >= 15 is 0 Å². The molecule has 1 aromatic rings. The fourth-order valence-electron chi connectivity index (χ4n) is 2.61. The van der Waals surface area contributed by atoms with Crippen LogP contribution in [0.2, 0.25) is 0 Å². The van der Waals surface area contributed by atoms with Crippen LogP contribution < -0.4 is 11.5 Å². The minimum absolute atomic E-state index is 0.110. The van der Waals surface area contributed by atoms with E-state index in [-0.39, 0.29) is 5.41 Å². The van der Waals surface area contributed by atoms with E-state index in [1.54, 1.807) is 0 Å². The van der Waals surface area contributed by atoms with Crippen molar-refractivity contribution in [2.75, 3.05) is 6.54 Å². The molecule has 1 heterocycles. The van der Waals surface area contributed by atoms with Crippen LogP contribution in [0.15, 0.2) is 9.32 Å². The molecule has 0 radical (unpaired) electrons. The highest BCUT2D eigenvalue weighted by Gasteiger charge is 2.37. The molecule has 3 N–H and O–H groups in total. The molecule has 0 saturated heterocycles. The molecule has 0 spiro atoms. The Labute approximate surface area is 88.0 Å². The summed E-state index contributed by atoms with van der Waals surface area (Å²) in [6, 6.07) is 0. The van der Waals surface area contributed by atoms with Gasteiger partial charge in [0.15, 0.2) is 5.82 Å². The summed E-state index contributed by atoms with van der Waals surface area (Å²) in [4.78, 5) is 13.4. The maximum Gasteiger partial charge on any atom is 0.438 e. The van der Waals surface area contributed by atoms with Crippen molar-refractivity contribution in [3.63, 3.8) is 0 Å². The molecule has 0 amide bonds. The number of aromatic nitrogens is 2. The molecule has 1 aliphatic carbocycles. The molecule has 2 unspecified atom stereocenters. The molecule has 1 fully saturated rings. The standard InChI is InChI=1S/C10H17N3O2/c1-7-2-3-10(4-7,6-11)5-8-12-9(14)15-13-8/h7H,2-6,11H2,1H3,(H,12,13,14). The minimum Gasteiger partial charge on any atom is -0.330 e. The van der Waals surface area contributed by atoms with Crippen molar-refractivity contribution < 1.29 is 4.52 Å². The lowest BCUT2D eigenvalue weighted by Gasteiger charge is -2.25. The van der Waals surface area contributed by atoms with Gasteiger partial charge in [0.1, 0.15) is 0 Å². The first-order chi connectivity index (χ1) is 7.13. The van der Waals surface area contributed by atoms with Gasteiger partial charge < -0.3 is 5.73 Å². The zero-order chi connectivity index (χ0) is 10.9. The van der Waals surface area contributed by atoms with Crippen molar-refractivity contribution in [2.24, 2.45) is 17.1 Å². The Kier molecular flexibility index (Phi) is 2.65. The quantitative estimate of drug-likeness (QED) is 0.769. The van der Waals surface area contributed by atoms with Crippen LogP contribution >= 0.6 is 0 Å². The van der Waals surface area contributed by atoms with Gasteiger partial charge in [-0.3, -0.25) is 9.51 Å². The molecule has 1 aliphatic rings. The first-order valence-electron chi connectivity index (χ1n) is 5.38. The summed E-state index contributed by atoms with van der Waals surface area (Å²) in [5.41, 5.74) is 5.95. The van der Waals surface area contributed by atoms with E-state index in [2.05, 4.69) is 21.6 Å². The van der Waals surface area contributed by atoms with Gasteiger partial charge in [0.05, 0.1) is 0 Å². The number of rotatable bonds is 3. The number of hydrogen-bond acceptors (Lipinski definition) is 4. The van der Waals surface area contributed by atoms with Crippen LogP contribution in [0.5, 0.6) is 0 Å². The van der Waals surface area contributed by atoms with Gasteiger partial charge in [-0.1, -0.05) is 18.5 Å². The van der Waals surface area contributed by atoms with E-state index in [0.717, 1.165) is 19.3 Å². The molecular formula is C10H17N3O2. The summed E-state index contributed by atoms with van der Waals surface area (Å²) in [5.74, 6) is 0.856. The van der Waals surface area contributed by atoms with Gasteiger partial charge in [0.2, 0.25) is 0 Å². The normalized spacial score (nSPS) is 30.9. The van der Waals surface area contributed by atoms with Crippen LogP contribution in [0.25, 0.3) is 0 Å². The van der Waals surface area contributed by atoms with Crippen molar-refractivity contribution in [1.82, 2.24) is 10.1 Å². The highest BCUT2D eigenvalue weighted by atomic mass is 16.5. The smallest absolute Gasteiger partial charge is 0.330 e. The van der Waals surface area contributed by atoms with Crippen molar-refractivity contribution in [2.45, 2.75) is 32.6 Å². The van der Waals surface area contributed by atoms with E-state index in [1.165, 1.54) is 6.42 Å². The molecular weight excluding hydrogens is 194 g/mol. The zero-order valence-corrected chi connectivity index (χ0v) is 8.95. The Balaban J connectivity index is 2.11. The lowest BCUT2D eigenvalue weighted by atomic mass is 9.82. The first-order valence-corrected chi connectivity index (χ1v) is 5.38. The second-order valence-electron chi connectivity index (χ2n) is 4.77. The molecule has 5 heteroatoms. The summed E-state index contributed by atoms with van der Waals surface area (Å²) < 4.78 is 4.49. The van der Waals surface area contributed by atoms with E-state index in [1.807, 2.05) is 0 Å². The Bertz CT molecular complexity index is 384. The van der Waals surface area contributed by atoms with E-state index in [4.69, 9.17) is 5.73 Å². The predicted molar refractivity (Wildman–Crippen MR) is 55.3 cm³/mol. The van der Waals surface area contributed by atoms with Crippen LogP contribution in [-0.2, 0) is 6.42 Å². The Hall–Kier alpha value is -1.10. The lowest BCUT2D eigenvalue weighted by molar-refractivity contribution is 0.283. The molecule has 5 nitrogen and oxygen atoms in total. The lowest BCUT2D eigenvalue weighted by Crippen LogP contribution is -2.30. The summed E-state index contributed by atoms with van der Waals surface area (Å²) in [6.45, 7) is 2.88. The number of nitrogens with one attached hydrogen (secondary N) is 1. The zero-order valence-electron chi connectivity index (χ0n) is 8.95. The Morgan fingerprint density at radius 1 is 1.73 bits per heavy atom. The van der Waals surface area contributed by atoms with Crippen molar-refractivity contribution in [3.05, 3.63) is 16.4 Å². The predicted octanol–water partition coefficient (Wildman–Crippen LogP) is 0.671. The average Bonchev–Trinajstić information content (AvgIpc) is 2.75. The summed E-state index contributed by atoms with van der Waals surface area (Å²) in [6.07, 6.45) is 4.15. The molecule has 0 aromatic carbocycles. The van der Waals surface area contributed by atoms with E-state index < -0.39 is 5.76 Å². The number of nitrogens with two attached hydrogens (primary N) is 1. The Morgan fingerprint density at radius 3 is 3.00 bits per heavy atom. The summed E-state index contributed by atoms with van der Waals surface area (Å²) >= 11 is 0. The molecule has 84 valence electrons. The third-order valence-corrected chi connectivity index (χ3v) is 3.41. The van der Waals surface area contributed by atoms with Crippen LogP contribution in [-0.4, -0.2) is 16.7 Å². The fraction of sp³-hybridized carbons (Fsp3) is 0.800. The average molecular weight is 211 g/mol. The number of H-pyrrole nitrogens is 1. The topological polar surface area (TPSA) is 84.9 Å². The molecule has 0 aliphatic heterocycles. The van der Waals surface area contributed by atoms with Gasteiger partial charge in [0, 0.05) is 6.42 Å². The SMILES string of the molecule is CC1CCC(CN)(Cc2noc(=O)[nH]2)C1. The van der Waals surface area contributed by atoms with Gasteiger partial charge in [-0.05, 0) is 30.7 Å². The molecule has 15 heavy (non-hydrogen) atoms. The monoisotopic (exact) mass is 211 g/mol. The maximum absolute atomic E-state index is 10.8. The summed E-state index contributed by atoms with van der Waals surface area (Å²) in [5, 5.41) is 3.70. The van der Waals surface area contributed by atoms with Crippen molar-refractivity contribution in [3.8, 4) is 0 Å². The van der Waals surface area contributed by atoms with Gasteiger partial charge in [-0.25, -0.2) is 4.79 Å². The summed E-state index contributed by atoms with van der Waals surface area (Å²) in [7, 11) is 0. The molecule has 0 bridgehead atoms. The van der Waals surface area contributed by atoms with Crippen molar-refractivity contribution in [1.29, 1.82) is 0 Å². The van der Waals surface area contributed by atoms with Crippen molar-refractivity contribution >= 4 is 0 Å². The van der Waals surface area contributed by atoms with Gasteiger partial charge in [-0.2, -0.15) is 0 Å². The first kappa shape index (κ1) is 10.4. The molecule has 1 aromatic heterocycles. The molecule has 2 atom stereocenters. The highest BCUT2D eigenvalue weighted by Crippen LogP contribution is 2.42. The van der Waals surface area contributed by atoms with E-state index in [9.17, 15) is 4.79 Å². The molecule has 1 saturated carbocycles. The Morgan fingerprint density at radius 2 is 2.53 bits per heavy atom. The largest absolute Gasteiger partial charge is 0.438 e. The maximum atomic E-state index is 10.8. The third-order valence-electron chi connectivity index (χ3n) is 3.41. The van der Waals surface area contributed by atoms with Crippen LogP contribution in [0, 0.1) is 11.3 Å². The fourth-order valence-corrected chi connectivity index (χ4v) is 2.61. The van der Waals surface area contributed by atoms with E-state index in [0.29, 0.717) is 18.3 Å². The number of hydrogen-bond donors (Lipinski definition) is 2. The van der Waals surface area contributed by atoms with Crippen LogP contribution in [0.1, 0.15) is 32.0 Å². The number of aromatic amines is 1. The second kappa shape index (κ2) is 3.81. The highest BCUT2D eigenvalue weighted by molar-refractivity contribution is 4.96. The van der Waals surface area contributed by atoms with Gasteiger partial charge >= 0.3 is 5.76 Å². The third kappa shape index (κ3) is 2.12.